The summed E-state index contributed by atoms with van der Waals surface area (Å²) >= 11 is 0. The second-order valence-electron chi connectivity index (χ2n) is 6.75. The van der Waals surface area contributed by atoms with Crippen LogP contribution >= 0.6 is 0 Å². The fraction of sp³-hybridized carbons (Fsp3) is 0.286. The molecule has 1 aromatic carbocycles. The van der Waals surface area contributed by atoms with Gasteiger partial charge in [0.25, 0.3) is 0 Å². The van der Waals surface area contributed by atoms with Crippen molar-refractivity contribution in [1.82, 2.24) is 19.9 Å². The Labute approximate surface area is 160 Å². The second-order valence-corrected chi connectivity index (χ2v) is 6.75. The molecule has 0 bridgehead atoms. The summed E-state index contributed by atoms with van der Waals surface area (Å²) < 4.78 is 0. The minimum Gasteiger partial charge on any atom is -0.366 e. The molecule has 2 N–H and O–H groups in total. The van der Waals surface area contributed by atoms with Gasteiger partial charge in [0.1, 0.15) is 5.82 Å². The highest BCUT2D eigenvalue weighted by atomic mass is 15.2. The monoisotopic (exact) mass is 362 g/mol. The molecule has 0 atom stereocenters. The lowest BCUT2D eigenvalue weighted by molar-refractivity contribution is 0.425. The molecule has 0 amide bonds. The van der Waals surface area contributed by atoms with Gasteiger partial charge in [-0.05, 0) is 38.7 Å². The smallest absolute Gasteiger partial charge is 0.225 e. The number of nitrogens with zero attached hydrogens (tertiary/aromatic N) is 4. The van der Waals surface area contributed by atoms with Crippen LogP contribution in [0.15, 0.2) is 54.7 Å². The summed E-state index contributed by atoms with van der Waals surface area (Å²) in [7, 11) is 4.09. The summed E-state index contributed by atoms with van der Waals surface area (Å²) in [5.74, 6) is 1.38. The van der Waals surface area contributed by atoms with Gasteiger partial charge in [-0.3, -0.25) is 4.98 Å². The molecule has 0 radical (unpaired) electrons. The summed E-state index contributed by atoms with van der Waals surface area (Å²) in [5.41, 5.74) is 4.09. The number of anilines is 2. The molecule has 6 heteroatoms. The maximum Gasteiger partial charge on any atom is 0.225 e. The Morgan fingerprint density at radius 1 is 0.926 bits per heavy atom. The topological polar surface area (TPSA) is 66.0 Å². The quantitative estimate of drug-likeness (QED) is 0.640. The third kappa shape index (κ3) is 5.76. The molecular formula is C21H26N6. The average Bonchev–Trinajstić information content (AvgIpc) is 2.68. The summed E-state index contributed by atoms with van der Waals surface area (Å²) in [6.45, 7) is 4.47. The highest BCUT2D eigenvalue weighted by molar-refractivity contribution is 5.61. The van der Waals surface area contributed by atoms with Crippen LogP contribution in [0.25, 0.3) is 11.4 Å². The van der Waals surface area contributed by atoms with E-state index >= 15 is 0 Å². The van der Waals surface area contributed by atoms with Crippen molar-refractivity contribution in [2.24, 2.45) is 0 Å². The van der Waals surface area contributed by atoms with E-state index in [1.165, 1.54) is 11.1 Å². The molecule has 0 fully saturated rings. The number of hydrogen-bond donors (Lipinski definition) is 2. The number of nitrogens with one attached hydrogen (secondary N) is 2. The lowest BCUT2D eigenvalue weighted by atomic mass is 10.1. The van der Waals surface area contributed by atoms with E-state index in [1.807, 2.05) is 38.4 Å². The van der Waals surface area contributed by atoms with Crippen LogP contribution in [0.2, 0.25) is 0 Å². The maximum atomic E-state index is 4.62. The number of pyridine rings is 1. The van der Waals surface area contributed by atoms with Crippen LogP contribution in [0.1, 0.15) is 11.1 Å². The van der Waals surface area contributed by atoms with Gasteiger partial charge < -0.3 is 15.5 Å². The molecule has 0 aliphatic carbocycles. The fourth-order valence-electron chi connectivity index (χ4n) is 2.55. The Kier molecular flexibility index (Phi) is 6.33. The van der Waals surface area contributed by atoms with Crippen LogP contribution in [0, 0.1) is 6.92 Å². The van der Waals surface area contributed by atoms with E-state index in [0.29, 0.717) is 12.5 Å². The van der Waals surface area contributed by atoms with E-state index in [4.69, 9.17) is 0 Å². The summed E-state index contributed by atoms with van der Waals surface area (Å²) in [5, 5.41) is 6.70. The number of aryl methyl sites for hydroxylation is 1. The first kappa shape index (κ1) is 18.8. The number of benzene rings is 1. The summed E-state index contributed by atoms with van der Waals surface area (Å²) in [6.07, 6.45) is 1.77. The number of likely N-dealkylation sites (N-methyl/N-ethyl adjacent to an activating group) is 1. The minimum absolute atomic E-state index is 0.603. The number of aromatic nitrogens is 3. The molecule has 2 heterocycles. The Balaban J connectivity index is 1.79. The number of hydrogen-bond acceptors (Lipinski definition) is 6. The predicted octanol–water partition coefficient (Wildman–Crippen LogP) is 3.43. The summed E-state index contributed by atoms with van der Waals surface area (Å²) in [6, 6.07) is 16.2. The van der Waals surface area contributed by atoms with E-state index in [9.17, 15) is 0 Å². The van der Waals surface area contributed by atoms with Crippen molar-refractivity contribution < 1.29 is 0 Å². The molecule has 0 saturated carbocycles. The van der Waals surface area contributed by atoms with Crippen LogP contribution < -0.4 is 10.6 Å². The van der Waals surface area contributed by atoms with Crippen molar-refractivity contribution in [2.75, 3.05) is 37.8 Å². The first-order valence-corrected chi connectivity index (χ1v) is 9.08. The van der Waals surface area contributed by atoms with E-state index in [2.05, 4.69) is 61.7 Å². The highest BCUT2D eigenvalue weighted by Gasteiger charge is 2.08. The Morgan fingerprint density at radius 3 is 2.44 bits per heavy atom. The zero-order valence-electron chi connectivity index (χ0n) is 16.1. The van der Waals surface area contributed by atoms with Crippen molar-refractivity contribution in [2.45, 2.75) is 13.5 Å². The third-order valence-corrected chi connectivity index (χ3v) is 4.09. The Bertz CT molecular complexity index is 846. The molecule has 3 aromatic rings. The molecule has 27 heavy (non-hydrogen) atoms. The molecule has 6 nitrogen and oxygen atoms in total. The van der Waals surface area contributed by atoms with E-state index in [1.54, 1.807) is 6.20 Å². The molecule has 0 saturated heterocycles. The van der Waals surface area contributed by atoms with Gasteiger partial charge in [0, 0.05) is 31.9 Å². The molecular weight excluding hydrogens is 336 g/mol. The van der Waals surface area contributed by atoms with Gasteiger partial charge in [0.05, 0.1) is 11.4 Å². The van der Waals surface area contributed by atoms with E-state index in [-0.39, 0.29) is 0 Å². The number of rotatable bonds is 8. The molecule has 2 aromatic heterocycles. The molecule has 0 spiro atoms. The standard InChI is InChI=1S/C21H26N6/c1-16-7-9-17(10-8-16)15-24-20-14-19(18-6-4-5-11-22-18)25-21(26-20)23-12-13-27(2)3/h4-11,14H,12-13,15H2,1-3H3,(H2,23,24,25,26). The van der Waals surface area contributed by atoms with Gasteiger partial charge in [0.2, 0.25) is 5.95 Å². The minimum atomic E-state index is 0.603. The van der Waals surface area contributed by atoms with Gasteiger partial charge in [-0.25, -0.2) is 4.98 Å². The molecule has 3 rings (SSSR count). The zero-order valence-corrected chi connectivity index (χ0v) is 16.1. The highest BCUT2D eigenvalue weighted by Crippen LogP contribution is 2.20. The zero-order chi connectivity index (χ0) is 19.1. The van der Waals surface area contributed by atoms with Gasteiger partial charge >= 0.3 is 0 Å². The van der Waals surface area contributed by atoms with Crippen LogP contribution in [0.5, 0.6) is 0 Å². The van der Waals surface area contributed by atoms with E-state index in [0.717, 1.165) is 30.3 Å². The fourth-order valence-corrected chi connectivity index (χ4v) is 2.55. The van der Waals surface area contributed by atoms with Gasteiger partial charge in [-0.1, -0.05) is 35.9 Å². The molecule has 0 aliphatic heterocycles. The van der Waals surface area contributed by atoms with Crippen LogP contribution in [0.4, 0.5) is 11.8 Å². The van der Waals surface area contributed by atoms with Crippen molar-refractivity contribution >= 4 is 11.8 Å². The van der Waals surface area contributed by atoms with Crippen LogP contribution in [-0.2, 0) is 6.54 Å². The normalized spacial score (nSPS) is 10.8. The maximum absolute atomic E-state index is 4.62. The van der Waals surface area contributed by atoms with Gasteiger partial charge in [0.15, 0.2) is 0 Å². The summed E-state index contributed by atoms with van der Waals surface area (Å²) in [4.78, 5) is 15.8. The van der Waals surface area contributed by atoms with Crippen LogP contribution in [-0.4, -0.2) is 47.0 Å². The molecule has 140 valence electrons. The Hall–Kier alpha value is -2.99. The van der Waals surface area contributed by atoms with Crippen molar-refractivity contribution in [3.05, 3.63) is 65.9 Å². The van der Waals surface area contributed by atoms with Gasteiger partial charge in [-0.2, -0.15) is 4.98 Å². The largest absolute Gasteiger partial charge is 0.366 e. The van der Waals surface area contributed by atoms with Crippen molar-refractivity contribution in [3.63, 3.8) is 0 Å². The van der Waals surface area contributed by atoms with Crippen LogP contribution in [0.3, 0.4) is 0 Å². The average molecular weight is 362 g/mol. The molecule has 0 aliphatic rings. The van der Waals surface area contributed by atoms with Gasteiger partial charge in [-0.15, -0.1) is 0 Å². The SMILES string of the molecule is Cc1ccc(CNc2cc(-c3ccccn3)nc(NCCN(C)C)n2)cc1. The van der Waals surface area contributed by atoms with Crippen molar-refractivity contribution in [3.8, 4) is 11.4 Å². The first-order chi connectivity index (χ1) is 13.1. The Morgan fingerprint density at radius 2 is 1.74 bits per heavy atom. The third-order valence-electron chi connectivity index (χ3n) is 4.09. The lowest BCUT2D eigenvalue weighted by Gasteiger charge is -2.13. The van der Waals surface area contributed by atoms with E-state index < -0.39 is 0 Å². The van der Waals surface area contributed by atoms with Crippen molar-refractivity contribution in [1.29, 1.82) is 0 Å². The molecule has 0 unspecified atom stereocenters. The predicted molar refractivity (Wildman–Crippen MR) is 111 cm³/mol. The first-order valence-electron chi connectivity index (χ1n) is 9.08. The lowest BCUT2D eigenvalue weighted by Crippen LogP contribution is -2.21. The second kappa shape index (κ2) is 9.09.